The Kier molecular flexibility index (Phi) is 20.7. The third kappa shape index (κ3) is 11.2. The van der Waals surface area contributed by atoms with Gasteiger partial charge in [0.15, 0.2) is 0 Å². The molecule has 0 amide bonds. The Morgan fingerprint density at radius 1 is 0.897 bits per heavy atom. The molecule has 5 N–H and O–H groups in total. The van der Waals surface area contributed by atoms with Crippen LogP contribution >= 0.6 is 38.4 Å². The van der Waals surface area contributed by atoms with Crippen LogP contribution in [0.3, 0.4) is 0 Å². The Morgan fingerprint density at radius 3 is 1.66 bits per heavy atom. The fraction of sp³-hybridized carbons (Fsp3) is 0.571. The smallest absolute Gasteiger partial charge is 1.00 e. The summed E-state index contributed by atoms with van der Waals surface area (Å²) in [6, 6.07) is 7.26. The molecule has 0 bridgehead atoms. The van der Waals surface area contributed by atoms with Gasteiger partial charge in [0, 0.05) is 37.0 Å². The van der Waals surface area contributed by atoms with Crippen LogP contribution in [-0.2, 0) is 15.6 Å². The Labute approximate surface area is 251 Å². The molecule has 1 aromatic carbocycles. The van der Waals surface area contributed by atoms with Gasteiger partial charge in [-0.15, -0.1) is 23.2 Å². The van der Waals surface area contributed by atoms with Crippen molar-refractivity contribution in [2.24, 2.45) is 0 Å². The van der Waals surface area contributed by atoms with Crippen LogP contribution in [0.1, 0.15) is 22.7 Å². The number of aliphatic hydroxyl groups is 1. The van der Waals surface area contributed by atoms with Crippen LogP contribution in [0.25, 0.3) is 0 Å². The quantitative estimate of drug-likeness (QED) is 0.110. The standard InChI is InChI=1S/C14H23Cl2NO7P2.3Na.3H/c15-8-10-17(11-9-16)13-5-3-12(4-6-13)2-1-7-14(18,25(19,20)21)26(22,23)24;;;;;;/h3-6,18H,1-2,7-11H2,(H2,19,20,21)(H2,22,23,24);;;;;;/q;3*+1;3*-1. The summed E-state index contributed by atoms with van der Waals surface area (Å²) in [5, 5.41) is 6.48. The Hall–Kier alpha value is 2.86. The second kappa shape index (κ2) is 16.5. The molecule has 0 spiro atoms. The van der Waals surface area contributed by atoms with E-state index >= 15 is 0 Å². The summed E-state index contributed by atoms with van der Waals surface area (Å²) in [4.78, 5) is 38.4. The molecule has 15 heteroatoms. The molecular formula is C14H26Cl2NNa3O7P2. The SMILES string of the molecule is O=P(O)(O)C(O)(CCCc1ccc(N(CCCl)CCCl)cc1)P(=O)(O)O.[H-].[H-].[H-].[Na+].[Na+].[Na+]. The van der Waals surface area contributed by atoms with Gasteiger partial charge in [-0.2, -0.15) is 0 Å². The van der Waals surface area contributed by atoms with Gasteiger partial charge in [0.25, 0.3) is 5.08 Å². The maximum absolute atomic E-state index is 11.3. The number of hydrogen-bond acceptors (Lipinski definition) is 4. The summed E-state index contributed by atoms with van der Waals surface area (Å²) in [7, 11) is -10.8. The maximum Gasteiger partial charge on any atom is 1.00 e. The van der Waals surface area contributed by atoms with Gasteiger partial charge < -0.3 is 33.9 Å². The molecule has 0 unspecified atom stereocenters. The van der Waals surface area contributed by atoms with E-state index < -0.39 is 26.7 Å². The normalized spacial score (nSPS) is 11.7. The summed E-state index contributed by atoms with van der Waals surface area (Å²) in [5.41, 5.74) is 1.71. The summed E-state index contributed by atoms with van der Waals surface area (Å²) in [6.45, 7) is 1.26. The van der Waals surface area contributed by atoms with Gasteiger partial charge in [-0.3, -0.25) is 9.13 Å². The van der Waals surface area contributed by atoms with Gasteiger partial charge in [0.05, 0.1) is 0 Å². The van der Waals surface area contributed by atoms with E-state index in [9.17, 15) is 14.2 Å². The van der Waals surface area contributed by atoms with E-state index in [0.29, 0.717) is 24.8 Å². The van der Waals surface area contributed by atoms with Crippen LogP contribution in [0, 0.1) is 0 Å². The first kappa shape index (κ1) is 36.4. The molecule has 0 fully saturated rings. The maximum atomic E-state index is 11.3. The molecule has 0 aromatic heterocycles. The van der Waals surface area contributed by atoms with E-state index in [1.165, 1.54) is 0 Å². The van der Waals surface area contributed by atoms with Crippen LogP contribution in [-0.4, -0.2) is 54.6 Å². The van der Waals surface area contributed by atoms with Gasteiger partial charge in [-0.05, 0) is 30.5 Å². The molecule has 0 radical (unpaired) electrons. The fourth-order valence-electron chi connectivity index (χ4n) is 2.44. The Balaban J connectivity index is -0.000000282. The molecule has 1 rings (SSSR count). The van der Waals surface area contributed by atoms with E-state index in [2.05, 4.69) is 0 Å². The number of aryl methyl sites for hydroxylation is 1. The Bertz CT molecular complexity index is 662. The van der Waals surface area contributed by atoms with Crippen LogP contribution in [0.4, 0.5) is 5.69 Å². The van der Waals surface area contributed by atoms with Crippen LogP contribution in [0.15, 0.2) is 24.3 Å². The first-order valence-electron chi connectivity index (χ1n) is 7.76. The van der Waals surface area contributed by atoms with Gasteiger partial charge in [0.1, 0.15) is 0 Å². The van der Waals surface area contributed by atoms with Crippen molar-refractivity contribution in [3.8, 4) is 0 Å². The first-order valence-corrected chi connectivity index (χ1v) is 12.0. The number of rotatable bonds is 11. The summed E-state index contributed by atoms with van der Waals surface area (Å²) in [6.07, 6.45) is -0.458. The molecule has 0 aliphatic carbocycles. The number of hydrogen-bond donors (Lipinski definition) is 5. The average molecular weight is 522 g/mol. The van der Waals surface area contributed by atoms with E-state index in [1.54, 1.807) is 12.1 Å². The van der Waals surface area contributed by atoms with Crippen molar-refractivity contribution in [1.82, 2.24) is 0 Å². The zero-order valence-corrected chi connectivity index (χ0v) is 26.2. The van der Waals surface area contributed by atoms with Gasteiger partial charge in [-0.1, -0.05) is 12.1 Å². The number of alkyl halides is 2. The summed E-state index contributed by atoms with van der Waals surface area (Å²) >= 11 is 11.5. The molecule has 29 heavy (non-hydrogen) atoms. The molecule has 156 valence electrons. The minimum Gasteiger partial charge on any atom is -1.00 e. The van der Waals surface area contributed by atoms with Crippen LogP contribution in [0.5, 0.6) is 0 Å². The first-order chi connectivity index (χ1) is 12.0. The van der Waals surface area contributed by atoms with Crippen molar-refractivity contribution in [1.29, 1.82) is 0 Å². The molecule has 1 aromatic rings. The number of nitrogens with zero attached hydrogens (tertiary/aromatic N) is 1. The summed E-state index contributed by atoms with van der Waals surface area (Å²) < 4.78 is 22.6. The molecule has 8 nitrogen and oxygen atoms in total. The zero-order chi connectivity index (χ0) is 20.0. The molecule has 0 saturated carbocycles. The second-order valence-corrected chi connectivity index (χ2v) is 10.5. The monoisotopic (exact) mass is 521 g/mol. The largest absolute Gasteiger partial charge is 1.00 e. The molecule has 0 aliphatic heterocycles. The van der Waals surface area contributed by atoms with Gasteiger partial charge in [0.2, 0.25) is 0 Å². The number of halogens is 2. The number of benzene rings is 1. The Morgan fingerprint density at radius 2 is 1.31 bits per heavy atom. The van der Waals surface area contributed by atoms with Crippen LogP contribution < -0.4 is 93.6 Å². The minimum atomic E-state index is -5.41. The molecule has 0 aliphatic rings. The van der Waals surface area contributed by atoms with Gasteiger partial charge >= 0.3 is 104 Å². The van der Waals surface area contributed by atoms with Crippen molar-refractivity contribution >= 4 is 44.1 Å². The van der Waals surface area contributed by atoms with E-state index in [4.69, 9.17) is 42.8 Å². The van der Waals surface area contributed by atoms with E-state index in [0.717, 1.165) is 11.3 Å². The van der Waals surface area contributed by atoms with E-state index in [1.807, 2.05) is 17.0 Å². The van der Waals surface area contributed by atoms with Crippen LogP contribution in [0.2, 0.25) is 0 Å². The molecule has 0 heterocycles. The molecular weight excluding hydrogens is 496 g/mol. The average Bonchev–Trinajstić information content (AvgIpc) is 2.53. The number of anilines is 1. The molecule has 0 saturated heterocycles. The van der Waals surface area contributed by atoms with Crippen molar-refractivity contribution in [2.75, 3.05) is 29.7 Å². The van der Waals surface area contributed by atoms with Crippen molar-refractivity contribution in [3.05, 3.63) is 29.8 Å². The van der Waals surface area contributed by atoms with Crippen molar-refractivity contribution in [3.63, 3.8) is 0 Å². The molecule has 0 atom stereocenters. The topological polar surface area (TPSA) is 139 Å². The predicted octanol–water partition coefficient (Wildman–Crippen LogP) is -6.36. The second-order valence-electron chi connectivity index (χ2n) is 5.75. The minimum absolute atomic E-state index is 0. The fourth-order valence-corrected chi connectivity index (χ4v) is 5.10. The predicted molar refractivity (Wildman–Crippen MR) is 105 cm³/mol. The van der Waals surface area contributed by atoms with Crippen molar-refractivity contribution in [2.45, 2.75) is 24.3 Å². The third-order valence-electron chi connectivity index (χ3n) is 3.92. The zero-order valence-electron chi connectivity index (χ0n) is 19.9. The summed E-state index contributed by atoms with van der Waals surface area (Å²) in [5.74, 6) is 0.893. The van der Waals surface area contributed by atoms with E-state index in [-0.39, 0.29) is 106 Å². The van der Waals surface area contributed by atoms with Gasteiger partial charge in [-0.25, -0.2) is 0 Å². The van der Waals surface area contributed by atoms with Crippen molar-refractivity contribution < 1.29 is 127 Å². The third-order valence-corrected chi connectivity index (χ3v) is 8.14.